The Labute approximate surface area is 117 Å². The Bertz CT molecular complexity index is 473. The summed E-state index contributed by atoms with van der Waals surface area (Å²) >= 11 is 1.25. The molecule has 0 fully saturated rings. The standard InChI is InChI=1S/C13H20N2O3S/c1-4-7-9-8-11(16)15-13(14-9)19-10(5-2)12(17)18-6-3/h8,10H,4-7H2,1-3H3,(H,14,15,16)/t10-/m0/s1. The predicted molar refractivity (Wildman–Crippen MR) is 75.4 cm³/mol. The Balaban J connectivity index is 2.84. The maximum absolute atomic E-state index is 11.7. The molecule has 1 aromatic rings. The quantitative estimate of drug-likeness (QED) is 0.472. The zero-order valence-corrected chi connectivity index (χ0v) is 12.4. The molecule has 0 saturated heterocycles. The van der Waals surface area contributed by atoms with Crippen LogP contribution in [0, 0.1) is 0 Å². The number of carbonyl (C=O) groups is 1. The van der Waals surface area contributed by atoms with Crippen LogP contribution in [0.25, 0.3) is 0 Å². The highest BCUT2D eigenvalue weighted by Gasteiger charge is 2.20. The highest BCUT2D eigenvalue weighted by molar-refractivity contribution is 8.00. The first-order valence-corrected chi connectivity index (χ1v) is 7.42. The molecule has 0 bridgehead atoms. The van der Waals surface area contributed by atoms with Crippen LogP contribution in [-0.2, 0) is 16.0 Å². The van der Waals surface area contributed by atoms with E-state index >= 15 is 0 Å². The van der Waals surface area contributed by atoms with Gasteiger partial charge in [-0.3, -0.25) is 9.59 Å². The molecule has 0 unspecified atom stereocenters. The van der Waals surface area contributed by atoms with Crippen molar-refractivity contribution in [3.05, 3.63) is 22.1 Å². The molecule has 1 rings (SSSR count). The number of aryl methyl sites for hydroxylation is 1. The van der Waals surface area contributed by atoms with Crippen molar-refractivity contribution in [3.8, 4) is 0 Å². The molecule has 6 heteroatoms. The second-order valence-corrected chi connectivity index (χ2v) is 5.25. The number of aromatic amines is 1. The summed E-state index contributed by atoms with van der Waals surface area (Å²) in [5, 5.41) is 0.149. The fourth-order valence-corrected chi connectivity index (χ4v) is 2.52. The summed E-state index contributed by atoms with van der Waals surface area (Å²) in [6.07, 6.45) is 2.31. The van der Waals surface area contributed by atoms with E-state index in [9.17, 15) is 9.59 Å². The Hall–Kier alpha value is -1.30. The van der Waals surface area contributed by atoms with Gasteiger partial charge in [0.15, 0.2) is 5.16 Å². The molecule has 0 aliphatic carbocycles. The van der Waals surface area contributed by atoms with Crippen LogP contribution in [-0.4, -0.2) is 27.8 Å². The van der Waals surface area contributed by atoms with Crippen LogP contribution in [0.4, 0.5) is 0 Å². The van der Waals surface area contributed by atoms with Crippen molar-refractivity contribution in [2.45, 2.75) is 50.4 Å². The number of nitrogens with zero attached hydrogens (tertiary/aromatic N) is 1. The molecule has 0 spiro atoms. The number of aromatic nitrogens is 2. The predicted octanol–water partition coefficient (Wildman–Crippen LogP) is 2.16. The number of hydrogen-bond acceptors (Lipinski definition) is 5. The fourth-order valence-electron chi connectivity index (χ4n) is 1.59. The Kier molecular flexibility index (Phi) is 6.62. The third-order valence-electron chi connectivity index (χ3n) is 2.45. The lowest BCUT2D eigenvalue weighted by molar-refractivity contribution is -0.142. The minimum Gasteiger partial charge on any atom is -0.465 e. The van der Waals surface area contributed by atoms with Crippen LogP contribution < -0.4 is 5.56 Å². The molecule has 1 atom stereocenters. The number of carbonyl (C=O) groups excluding carboxylic acids is 1. The number of thioether (sulfide) groups is 1. The zero-order valence-electron chi connectivity index (χ0n) is 11.6. The van der Waals surface area contributed by atoms with Crippen LogP contribution in [0.1, 0.15) is 39.3 Å². The van der Waals surface area contributed by atoms with Gasteiger partial charge in [0.05, 0.1) is 6.61 Å². The number of hydrogen-bond donors (Lipinski definition) is 1. The van der Waals surface area contributed by atoms with E-state index in [0.29, 0.717) is 18.2 Å². The summed E-state index contributed by atoms with van der Waals surface area (Å²) in [5.41, 5.74) is 0.576. The van der Waals surface area contributed by atoms with Crippen LogP contribution in [0.15, 0.2) is 16.0 Å². The average molecular weight is 284 g/mol. The van der Waals surface area contributed by atoms with Crippen molar-refractivity contribution in [3.63, 3.8) is 0 Å². The summed E-state index contributed by atoms with van der Waals surface area (Å²) in [7, 11) is 0. The van der Waals surface area contributed by atoms with E-state index in [1.165, 1.54) is 17.8 Å². The lowest BCUT2D eigenvalue weighted by Gasteiger charge is -2.12. The van der Waals surface area contributed by atoms with E-state index < -0.39 is 0 Å². The SMILES string of the molecule is CCCc1cc(=O)[nH]c(S[C@@H](CC)C(=O)OCC)n1. The molecule has 1 N–H and O–H groups in total. The number of rotatable bonds is 7. The molecule has 106 valence electrons. The highest BCUT2D eigenvalue weighted by atomic mass is 32.2. The maximum Gasteiger partial charge on any atom is 0.319 e. The minimum absolute atomic E-state index is 0.181. The number of esters is 1. The zero-order chi connectivity index (χ0) is 14.3. The van der Waals surface area contributed by atoms with Crippen molar-refractivity contribution < 1.29 is 9.53 Å². The van der Waals surface area contributed by atoms with Crippen LogP contribution >= 0.6 is 11.8 Å². The Morgan fingerprint density at radius 1 is 1.47 bits per heavy atom. The maximum atomic E-state index is 11.7. The third-order valence-corrected chi connectivity index (χ3v) is 3.68. The van der Waals surface area contributed by atoms with Crippen molar-refractivity contribution >= 4 is 17.7 Å². The van der Waals surface area contributed by atoms with Gasteiger partial charge in [-0.05, 0) is 19.8 Å². The largest absolute Gasteiger partial charge is 0.465 e. The molecule has 0 saturated carbocycles. The van der Waals surface area contributed by atoms with Gasteiger partial charge in [0, 0.05) is 11.8 Å². The van der Waals surface area contributed by atoms with E-state index in [-0.39, 0.29) is 16.8 Å². The molecule has 5 nitrogen and oxygen atoms in total. The van der Waals surface area contributed by atoms with Gasteiger partial charge in [-0.2, -0.15) is 0 Å². The van der Waals surface area contributed by atoms with Crippen LogP contribution in [0.3, 0.4) is 0 Å². The summed E-state index contributed by atoms with van der Waals surface area (Å²) in [6.45, 7) is 6.07. The second-order valence-electron chi connectivity index (χ2n) is 4.06. The van der Waals surface area contributed by atoms with Gasteiger partial charge >= 0.3 is 5.97 Å². The molecular weight excluding hydrogens is 264 g/mol. The Morgan fingerprint density at radius 2 is 2.21 bits per heavy atom. The van der Waals surface area contributed by atoms with Gasteiger partial charge in [-0.15, -0.1) is 0 Å². The van der Waals surface area contributed by atoms with E-state index in [1.54, 1.807) is 6.92 Å². The number of nitrogens with one attached hydrogen (secondary N) is 1. The normalized spacial score (nSPS) is 12.2. The summed E-state index contributed by atoms with van der Waals surface area (Å²) in [5.74, 6) is -0.265. The van der Waals surface area contributed by atoms with E-state index in [1.807, 2.05) is 13.8 Å². The average Bonchev–Trinajstić information content (AvgIpc) is 2.36. The van der Waals surface area contributed by atoms with Crippen molar-refractivity contribution in [1.82, 2.24) is 9.97 Å². The first-order chi connectivity index (χ1) is 9.10. The minimum atomic E-state index is -0.333. The van der Waals surface area contributed by atoms with E-state index in [2.05, 4.69) is 9.97 Å². The monoisotopic (exact) mass is 284 g/mol. The van der Waals surface area contributed by atoms with Gasteiger partial charge in [0.1, 0.15) is 5.25 Å². The number of H-pyrrole nitrogens is 1. The van der Waals surface area contributed by atoms with Crippen molar-refractivity contribution in [2.24, 2.45) is 0 Å². The van der Waals surface area contributed by atoms with E-state index in [0.717, 1.165) is 18.5 Å². The molecular formula is C13H20N2O3S. The summed E-state index contributed by atoms with van der Waals surface area (Å²) < 4.78 is 5.00. The van der Waals surface area contributed by atoms with Gasteiger partial charge in [-0.25, -0.2) is 4.98 Å². The van der Waals surface area contributed by atoms with Crippen molar-refractivity contribution in [1.29, 1.82) is 0 Å². The Morgan fingerprint density at radius 3 is 2.79 bits per heavy atom. The fraction of sp³-hybridized carbons (Fsp3) is 0.615. The van der Waals surface area contributed by atoms with Crippen LogP contribution in [0.5, 0.6) is 0 Å². The lowest BCUT2D eigenvalue weighted by Crippen LogP contribution is -2.21. The summed E-state index contributed by atoms with van der Waals surface area (Å²) in [6, 6.07) is 1.50. The van der Waals surface area contributed by atoms with Gasteiger partial charge in [0.2, 0.25) is 0 Å². The smallest absolute Gasteiger partial charge is 0.319 e. The first kappa shape index (κ1) is 15.8. The summed E-state index contributed by atoms with van der Waals surface area (Å²) in [4.78, 5) is 30.2. The van der Waals surface area contributed by atoms with Gasteiger partial charge in [-0.1, -0.05) is 32.0 Å². The van der Waals surface area contributed by atoms with Crippen molar-refractivity contribution in [2.75, 3.05) is 6.61 Å². The topological polar surface area (TPSA) is 72.0 Å². The molecule has 19 heavy (non-hydrogen) atoms. The molecule has 1 aromatic heterocycles. The van der Waals surface area contributed by atoms with E-state index in [4.69, 9.17) is 4.74 Å². The first-order valence-electron chi connectivity index (χ1n) is 6.54. The third kappa shape index (κ3) is 5.06. The van der Waals surface area contributed by atoms with Gasteiger partial charge in [0.25, 0.3) is 5.56 Å². The molecule has 1 heterocycles. The second kappa shape index (κ2) is 7.99. The molecule has 0 radical (unpaired) electrons. The molecule has 0 aromatic carbocycles. The molecule has 0 aliphatic heterocycles. The highest BCUT2D eigenvalue weighted by Crippen LogP contribution is 2.22. The molecule has 0 aliphatic rings. The molecule has 0 amide bonds. The lowest BCUT2D eigenvalue weighted by atomic mass is 10.2. The van der Waals surface area contributed by atoms with Gasteiger partial charge < -0.3 is 9.72 Å². The van der Waals surface area contributed by atoms with Crippen LogP contribution in [0.2, 0.25) is 0 Å². The number of ether oxygens (including phenoxy) is 1.